The molecule has 4 rings (SSSR count). The first-order valence-electron chi connectivity index (χ1n) is 11.7. The van der Waals surface area contributed by atoms with E-state index < -0.39 is 11.9 Å². The minimum Gasteiger partial charge on any atom is -0.378 e. The van der Waals surface area contributed by atoms with E-state index in [4.69, 9.17) is 4.74 Å². The Morgan fingerprint density at radius 2 is 1.68 bits per heavy atom. The van der Waals surface area contributed by atoms with E-state index in [1.165, 1.54) is 12.1 Å². The summed E-state index contributed by atoms with van der Waals surface area (Å²) in [6.45, 7) is 4.62. The van der Waals surface area contributed by atoms with E-state index in [1.54, 1.807) is 34.1 Å². The number of hydrogen-bond acceptors (Lipinski definition) is 4. The minimum absolute atomic E-state index is 0.0506. The topological polar surface area (TPSA) is 79.0 Å². The first-order chi connectivity index (χ1) is 16.4. The van der Waals surface area contributed by atoms with Crippen LogP contribution in [0.15, 0.2) is 48.5 Å². The Morgan fingerprint density at radius 1 is 0.971 bits per heavy atom. The summed E-state index contributed by atoms with van der Waals surface area (Å²) in [5.74, 6) is -1.44. The molecule has 1 unspecified atom stereocenters. The van der Waals surface area contributed by atoms with Crippen LogP contribution in [0.25, 0.3) is 0 Å². The molecule has 0 radical (unpaired) electrons. The van der Waals surface area contributed by atoms with Gasteiger partial charge in [0.05, 0.1) is 18.8 Å². The smallest absolute Gasteiger partial charge is 0.256 e. The van der Waals surface area contributed by atoms with Gasteiger partial charge in [0.15, 0.2) is 0 Å². The maximum Gasteiger partial charge on any atom is 0.256 e. The molecule has 1 atom stereocenters. The monoisotopic (exact) mass is 467 g/mol. The van der Waals surface area contributed by atoms with E-state index >= 15 is 0 Å². The van der Waals surface area contributed by atoms with Crippen LogP contribution in [-0.2, 0) is 9.53 Å². The van der Waals surface area contributed by atoms with Gasteiger partial charge in [-0.15, -0.1) is 0 Å². The lowest BCUT2D eigenvalue weighted by molar-refractivity contribution is -0.139. The number of rotatable bonds is 5. The molecule has 2 aromatic carbocycles. The summed E-state index contributed by atoms with van der Waals surface area (Å²) in [7, 11) is 0. The van der Waals surface area contributed by atoms with Crippen molar-refractivity contribution >= 4 is 17.7 Å². The number of aryl methyl sites for hydroxylation is 1. The van der Waals surface area contributed by atoms with Gasteiger partial charge in [0.1, 0.15) is 11.9 Å². The Balaban J connectivity index is 1.47. The van der Waals surface area contributed by atoms with Crippen LogP contribution in [0.1, 0.15) is 39.1 Å². The van der Waals surface area contributed by atoms with E-state index in [2.05, 4.69) is 5.32 Å². The maximum atomic E-state index is 14.1. The highest BCUT2D eigenvalue weighted by molar-refractivity contribution is 5.98. The third kappa shape index (κ3) is 5.44. The lowest BCUT2D eigenvalue weighted by Crippen LogP contribution is -2.56. The Hall–Kier alpha value is -3.26. The van der Waals surface area contributed by atoms with Crippen LogP contribution in [0.3, 0.4) is 0 Å². The molecule has 7 nitrogen and oxygen atoms in total. The zero-order valence-corrected chi connectivity index (χ0v) is 19.3. The van der Waals surface area contributed by atoms with Crippen molar-refractivity contribution < 1.29 is 23.5 Å². The lowest BCUT2D eigenvalue weighted by Gasteiger charge is -2.38. The Kier molecular flexibility index (Phi) is 7.57. The molecule has 2 aromatic rings. The van der Waals surface area contributed by atoms with Gasteiger partial charge in [-0.1, -0.05) is 29.8 Å². The van der Waals surface area contributed by atoms with Gasteiger partial charge in [-0.3, -0.25) is 14.4 Å². The standard InChI is InChI=1S/C26H30FN3O4/c1-18-5-4-6-20(17-18)24(31)28-23(26(33)30-13-15-34-16-14-30)19-9-11-29(12-10-19)25(32)21-7-2-3-8-22(21)27/h2-8,17,19,23H,9-16H2,1H3,(H,28,31). The molecular weight excluding hydrogens is 437 g/mol. The van der Waals surface area contributed by atoms with Crippen LogP contribution in [0.2, 0.25) is 0 Å². The van der Waals surface area contributed by atoms with E-state index in [0.29, 0.717) is 57.8 Å². The maximum absolute atomic E-state index is 14.1. The van der Waals surface area contributed by atoms with Gasteiger partial charge in [0.25, 0.3) is 11.8 Å². The van der Waals surface area contributed by atoms with Crippen molar-refractivity contribution in [1.29, 1.82) is 0 Å². The number of piperidine rings is 1. The number of likely N-dealkylation sites (tertiary alicyclic amines) is 1. The number of hydrogen-bond donors (Lipinski definition) is 1. The first-order valence-corrected chi connectivity index (χ1v) is 11.7. The van der Waals surface area contributed by atoms with Crippen LogP contribution in [0.5, 0.6) is 0 Å². The summed E-state index contributed by atoms with van der Waals surface area (Å²) in [6, 6.07) is 12.5. The fourth-order valence-corrected chi connectivity index (χ4v) is 4.61. The molecule has 0 spiro atoms. The van der Waals surface area contributed by atoms with Gasteiger partial charge in [-0.05, 0) is 49.9 Å². The summed E-state index contributed by atoms with van der Waals surface area (Å²) < 4.78 is 19.5. The van der Waals surface area contributed by atoms with Crippen LogP contribution in [0.4, 0.5) is 4.39 Å². The van der Waals surface area contributed by atoms with E-state index in [-0.39, 0.29) is 29.2 Å². The van der Waals surface area contributed by atoms with Crippen LogP contribution >= 0.6 is 0 Å². The van der Waals surface area contributed by atoms with Gasteiger partial charge in [-0.2, -0.15) is 0 Å². The third-order valence-electron chi connectivity index (χ3n) is 6.56. The Morgan fingerprint density at radius 3 is 2.35 bits per heavy atom. The van der Waals surface area contributed by atoms with Gasteiger partial charge < -0.3 is 19.9 Å². The van der Waals surface area contributed by atoms with Crippen molar-refractivity contribution in [3.63, 3.8) is 0 Å². The van der Waals surface area contributed by atoms with Crippen LogP contribution < -0.4 is 5.32 Å². The molecule has 3 amide bonds. The molecule has 0 aromatic heterocycles. The summed E-state index contributed by atoms with van der Waals surface area (Å²) in [4.78, 5) is 42.6. The molecule has 2 fully saturated rings. The van der Waals surface area contributed by atoms with E-state index in [1.807, 2.05) is 19.1 Å². The van der Waals surface area contributed by atoms with Gasteiger partial charge >= 0.3 is 0 Å². The highest BCUT2D eigenvalue weighted by atomic mass is 19.1. The number of carbonyl (C=O) groups is 3. The third-order valence-corrected chi connectivity index (χ3v) is 6.56. The molecule has 180 valence electrons. The number of halogens is 1. The second-order valence-corrected chi connectivity index (χ2v) is 8.87. The molecule has 34 heavy (non-hydrogen) atoms. The molecule has 2 aliphatic rings. The highest BCUT2D eigenvalue weighted by Gasteiger charge is 2.37. The molecule has 2 heterocycles. The number of nitrogens with one attached hydrogen (secondary N) is 1. The van der Waals surface area contributed by atoms with Crippen molar-refractivity contribution in [2.75, 3.05) is 39.4 Å². The number of benzene rings is 2. The Labute approximate surface area is 198 Å². The minimum atomic E-state index is -0.697. The summed E-state index contributed by atoms with van der Waals surface area (Å²) in [6.07, 6.45) is 1.07. The zero-order valence-electron chi connectivity index (χ0n) is 19.3. The van der Waals surface area contributed by atoms with Crippen molar-refractivity contribution in [2.45, 2.75) is 25.8 Å². The van der Waals surface area contributed by atoms with E-state index in [9.17, 15) is 18.8 Å². The molecule has 8 heteroatoms. The number of amides is 3. The molecule has 2 aliphatic heterocycles. The lowest BCUT2D eigenvalue weighted by atomic mass is 9.87. The number of nitrogens with zero attached hydrogens (tertiary/aromatic N) is 2. The second kappa shape index (κ2) is 10.8. The predicted octanol–water partition coefficient (Wildman–Crippen LogP) is 2.64. The fraction of sp³-hybridized carbons (Fsp3) is 0.423. The quantitative estimate of drug-likeness (QED) is 0.733. The SMILES string of the molecule is Cc1cccc(C(=O)NC(C(=O)N2CCOCC2)C2CCN(C(=O)c3ccccc3F)CC2)c1. The van der Waals surface area contributed by atoms with Crippen molar-refractivity contribution in [1.82, 2.24) is 15.1 Å². The predicted molar refractivity (Wildman–Crippen MR) is 125 cm³/mol. The van der Waals surface area contributed by atoms with Gasteiger partial charge in [0.2, 0.25) is 5.91 Å². The molecular formula is C26H30FN3O4. The highest BCUT2D eigenvalue weighted by Crippen LogP contribution is 2.25. The largest absolute Gasteiger partial charge is 0.378 e. The first kappa shape index (κ1) is 23.9. The number of carbonyl (C=O) groups excluding carboxylic acids is 3. The molecule has 0 aliphatic carbocycles. The fourth-order valence-electron chi connectivity index (χ4n) is 4.61. The van der Waals surface area contributed by atoms with Crippen LogP contribution in [0, 0.1) is 18.7 Å². The summed E-state index contributed by atoms with van der Waals surface area (Å²) in [5.41, 5.74) is 1.52. The summed E-state index contributed by atoms with van der Waals surface area (Å²) in [5, 5.41) is 2.98. The average Bonchev–Trinajstić information content (AvgIpc) is 2.87. The molecule has 2 saturated heterocycles. The van der Waals surface area contributed by atoms with Gasteiger partial charge in [0, 0.05) is 31.7 Å². The van der Waals surface area contributed by atoms with Crippen molar-refractivity contribution in [3.05, 3.63) is 71.0 Å². The molecule has 1 N–H and O–H groups in total. The summed E-state index contributed by atoms with van der Waals surface area (Å²) >= 11 is 0. The van der Waals surface area contributed by atoms with Gasteiger partial charge in [-0.25, -0.2) is 4.39 Å². The Bertz CT molecular complexity index is 1050. The zero-order chi connectivity index (χ0) is 24.1. The average molecular weight is 468 g/mol. The molecule has 0 bridgehead atoms. The van der Waals surface area contributed by atoms with Crippen molar-refractivity contribution in [2.24, 2.45) is 5.92 Å². The normalized spacial score (nSPS) is 17.8. The molecule has 0 saturated carbocycles. The number of ether oxygens (including phenoxy) is 1. The second-order valence-electron chi connectivity index (χ2n) is 8.87. The number of morpholine rings is 1. The van der Waals surface area contributed by atoms with E-state index in [0.717, 1.165) is 5.56 Å². The van der Waals surface area contributed by atoms with Crippen molar-refractivity contribution in [3.8, 4) is 0 Å². The van der Waals surface area contributed by atoms with Crippen LogP contribution in [-0.4, -0.2) is 73.0 Å².